The molecule has 0 bridgehead atoms. The molecule has 94 valence electrons. The number of ether oxygens (including phenoxy) is 1. The molecule has 0 aliphatic heterocycles. The zero-order chi connectivity index (χ0) is 13.0. The maximum Gasteiger partial charge on any atom is 0.219 e. The molecule has 1 heterocycles. The van der Waals surface area contributed by atoms with Crippen LogP contribution in [0.5, 0.6) is 11.6 Å². The third-order valence-electron chi connectivity index (χ3n) is 2.54. The van der Waals surface area contributed by atoms with Crippen molar-refractivity contribution in [2.45, 2.75) is 13.3 Å². The second-order valence-electron chi connectivity index (χ2n) is 3.94. The zero-order valence-electron chi connectivity index (χ0n) is 10.1. The summed E-state index contributed by atoms with van der Waals surface area (Å²) < 4.78 is 6.62. The number of hydrogen-bond donors (Lipinski definition) is 1. The fourth-order valence-corrected chi connectivity index (χ4v) is 1.77. The summed E-state index contributed by atoms with van der Waals surface area (Å²) in [7, 11) is 0. The van der Waals surface area contributed by atoms with Crippen molar-refractivity contribution in [2.75, 3.05) is 6.61 Å². The minimum atomic E-state index is 0.160. The number of aromatic nitrogens is 1. The highest BCUT2D eigenvalue weighted by Gasteiger charge is 2.02. The lowest BCUT2D eigenvalue weighted by Crippen LogP contribution is -1.92. The molecule has 0 amide bonds. The number of aryl methyl sites for hydroxylation is 1. The summed E-state index contributed by atoms with van der Waals surface area (Å²) in [5, 5.41) is 8.84. The van der Waals surface area contributed by atoms with Crippen LogP contribution in [0, 0.1) is 6.92 Å². The summed E-state index contributed by atoms with van der Waals surface area (Å²) >= 11 is 3.40. The maximum atomic E-state index is 8.84. The Morgan fingerprint density at radius 3 is 2.50 bits per heavy atom. The van der Waals surface area contributed by atoms with Gasteiger partial charge in [-0.2, -0.15) is 0 Å². The molecule has 0 saturated heterocycles. The molecule has 18 heavy (non-hydrogen) atoms. The van der Waals surface area contributed by atoms with E-state index in [2.05, 4.69) is 20.9 Å². The van der Waals surface area contributed by atoms with Crippen LogP contribution in [0.4, 0.5) is 0 Å². The summed E-state index contributed by atoms with van der Waals surface area (Å²) in [4.78, 5) is 4.32. The number of rotatable bonds is 4. The quantitative estimate of drug-likeness (QED) is 0.940. The normalized spacial score (nSPS) is 10.4. The van der Waals surface area contributed by atoms with Crippen LogP contribution in [-0.4, -0.2) is 16.7 Å². The minimum absolute atomic E-state index is 0.160. The first-order valence-corrected chi connectivity index (χ1v) is 6.49. The maximum absolute atomic E-state index is 8.84. The van der Waals surface area contributed by atoms with Gasteiger partial charge in [0.15, 0.2) is 0 Å². The topological polar surface area (TPSA) is 42.4 Å². The predicted molar refractivity (Wildman–Crippen MR) is 74.0 cm³/mol. The third kappa shape index (κ3) is 3.31. The molecule has 1 aromatic carbocycles. The fourth-order valence-electron chi connectivity index (χ4n) is 1.55. The molecule has 0 aliphatic carbocycles. The summed E-state index contributed by atoms with van der Waals surface area (Å²) in [5.41, 5.74) is 1.98. The van der Waals surface area contributed by atoms with Gasteiger partial charge >= 0.3 is 0 Å². The van der Waals surface area contributed by atoms with Crippen LogP contribution < -0.4 is 4.74 Å². The van der Waals surface area contributed by atoms with Gasteiger partial charge in [-0.25, -0.2) is 4.98 Å². The van der Waals surface area contributed by atoms with E-state index in [1.807, 2.05) is 43.3 Å². The van der Waals surface area contributed by atoms with Crippen molar-refractivity contribution in [3.8, 4) is 11.6 Å². The van der Waals surface area contributed by atoms with Gasteiger partial charge in [-0.1, -0.05) is 12.1 Å². The molecular formula is C14H14BrNO2. The van der Waals surface area contributed by atoms with Crippen LogP contribution in [0.1, 0.15) is 11.3 Å². The average molecular weight is 308 g/mol. The van der Waals surface area contributed by atoms with Crippen molar-refractivity contribution in [3.05, 3.63) is 52.1 Å². The van der Waals surface area contributed by atoms with E-state index in [0.29, 0.717) is 12.3 Å². The Kier molecular flexibility index (Phi) is 4.33. The van der Waals surface area contributed by atoms with E-state index in [0.717, 1.165) is 21.5 Å². The average Bonchev–Trinajstić information content (AvgIpc) is 2.37. The highest BCUT2D eigenvalue weighted by Crippen LogP contribution is 2.23. The molecule has 0 saturated carbocycles. The monoisotopic (exact) mass is 307 g/mol. The van der Waals surface area contributed by atoms with Gasteiger partial charge in [-0.15, -0.1) is 0 Å². The van der Waals surface area contributed by atoms with E-state index in [9.17, 15) is 0 Å². The predicted octanol–water partition coefficient (Wildman–Crippen LogP) is 3.48. The number of aliphatic hydroxyl groups is 1. The van der Waals surface area contributed by atoms with Gasteiger partial charge in [0.2, 0.25) is 5.88 Å². The second kappa shape index (κ2) is 5.98. The molecule has 0 spiro atoms. The lowest BCUT2D eigenvalue weighted by Gasteiger charge is -2.07. The Hall–Kier alpha value is -1.39. The molecule has 0 aliphatic rings. The molecule has 2 aromatic rings. The highest BCUT2D eigenvalue weighted by molar-refractivity contribution is 9.10. The Labute approximate surface area is 115 Å². The third-order valence-corrected chi connectivity index (χ3v) is 3.38. The van der Waals surface area contributed by atoms with Crippen molar-refractivity contribution >= 4 is 15.9 Å². The van der Waals surface area contributed by atoms with E-state index < -0.39 is 0 Å². The zero-order valence-corrected chi connectivity index (χ0v) is 11.6. The van der Waals surface area contributed by atoms with Crippen molar-refractivity contribution in [3.63, 3.8) is 0 Å². The van der Waals surface area contributed by atoms with Crippen LogP contribution in [0.15, 0.2) is 40.9 Å². The van der Waals surface area contributed by atoms with Crippen LogP contribution in [0.3, 0.4) is 0 Å². The SMILES string of the molecule is Cc1nc(Oc2ccc(CCO)cc2)ccc1Br. The molecule has 1 aromatic heterocycles. The summed E-state index contributed by atoms with van der Waals surface area (Å²) in [5.74, 6) is 1.32. The summed E-state index contributed by atoms with van der Waals surface area (Å²) in [6, 6.07) is 11.4. The molecule has 0 fully saturated rings. The number of halogens is 1. The number of aliphatic hydroxyl groups excluding tert-OH is 1. The standard InChI is InChI=1S/C14H14BrNO2/c1-10-13(15)6-7-14(16-10)18-12-4-2-11(3-5-12)8-9-17/h2-7,17H,8-9H2,1H3. The number of hydrogen-bond acceptors (Lipinski definition) is 3. The molecular weight excluding hydrogens is 294 g/mol. The van der Waals surface area contributed by atoms with E-state index in [4.69, 9.17) is 9.84 Å². The van der Waals surface area contributed by atoms with Gasteiger partial charge in [-0.05, 0) is 53.0 Å². The van der Waals surface area contributed by atoms with Gasteiger partial charge in [0.05, 0.1) is 5.69 Å². The van der Waals surface area contributed by atoms with Gasteiger partial charge < -0.3 is 9.84 Å². The molecule has 3 nitrogen and oxygen atoms in total. The van der Waals surface area contributed by atoms with Crippen molar-refractivity contribution in [1.29, 1.82) is 0 Å². The van der Waals surface area contributed by atoms with E-state index >= 15 is 0 Å². The highest BCUT2D eigenvalue weighted by atomic mass is 79.9. The van der Waals surface area contributed by atoms with Crippen LogP contribution in [0.25, 0.3) is 0 Å². The molecule has 2 rings (SSSR count). The van der Waals surface area contributed by atoms with E-state index in [1.54, 1.807) is 0 Å². The second-order valence-corrected chi connectivity index (χ2v) is 4.79. The first kappa shape index (κ1) is 13.1. The van der Waals surface area contributed by atoms with Gasteiger partial charge in [0.25, 0.3) is 0 Å². The van der Waals surface area contributed by atoms with Gasteiger partial charge in [-0.3, -0.25) is 0 Å². The van der Waals surface area contributed by atoms with Gasteiger partial charge in [0, 0.05) is 17.1 Å². The Morgan fingerprint density at radius 1 is 1.17 bits per heavy atom. The van der Waals surface area contributed by atoms with Crippen molar-refractivity contribution in [2.24, 2.45) is 0 Å². The first-order valence-electron chi connectivity index (χ1n) is 5.70. The molecule has 1 N–H and O–H groups in total. The Morgan fingerprint density at radius 2 is 1.89 bits per heavy atom. The van der Waals surface area contributed by atoms with Crippen LogP contribution >= 0.6 is 15.9 Å². The van der Waals surface area contributed by atoms with E-state index in [-0.39, 0.29) is 6.61 Å². The molecule has 0 unspecified atom stereocenters. The fraction of sp³-hybridized carbons (Fsp3) is 0.214. The number of nitrogens with zero attached hydrogens (tertiary/aromatic N) is 1. The van der Waals surface area contributed by atoms with E-state index in [1.165, 1.54) is 0 Å². The minimum Gasteiger partial charge on any atom is -0.439 e. The lowest BCUT2D eigenvalue weighted by atomic mass is 10.1. The molecule has 0 atom stereocenters. The van der Waals surface area contributed by atoms with Crippen molar-refractivity contribution < 1.29 is 9.84 Å². The lowest BCUT2D eigenvalue weighted by molar-refractivity contribution is 0.299. The van der Waals surface area contributed by atoms with Crippen LogP contribution in [0.2, 0.25) is 0 Å². The number of pyridine rings is 1. The Balaban J connectivity index is 2.10. The number of benzene rings is 1. The summed E-state index contributed by atoms with van der Waals surface area (Å²) in [6.45, 7) is 2.08. The largest absolute Gasteiger partial charge is 0.439 e. The molecule has 0 radical (unpaired) electrons. The first-order chi connectivity index (χ1) is 8.69. The van der Waals surface area contributed by atoms with Gasteiger partial charge in [0.1, 0.15) is 5.75 Å². The molecule has 4 heteroatoms. The summed E-state index contributed by atoms with van der Waals surface area (Å²) in [6.07, 6.45) is 0.663. The Bertz CT molecular complexity index is 526. The van der Waals surface area contributed by atoms with Crippen molar-refractivity contribution in [1.82, 2.24) is 4.98 Å². The smallest absolute Gasteiger partial charge is 0.219 e. The van der Waals surface area contributed by atoms with Crippen LogP contribution in [-0.2, 0) is 6.42 Å².